The number of carbonyl (C=O) groups excluding carboxylic acids is 1. The zero-order chi connectivity index (χ0) is 20.6. The van der Waals surface area contributed by atoms with Crippen LogP contribution in [-0.4, -0.2) is 57.6 Å². The first-order chi connectivity index (χ1) is 13.9. The molecule has 154 valence electrons. The van der Waals surface area contributed by atoms with E-state index in [-0.39, 0.29) is 34.6 Å². The molecule has 4 rings (SSSR count). The third-order valence-corrected chi connectivity index (χ3v) is 5.29. The van der Waals surface area contributed by atoms with Crippen molar-refractivity contribution < 1.29 is 23.6 Å². The van der Waals surface area contributed by atoms with E-state index in [0.717, 1.165) is 10.7 Å². The summed E-state index contributed by atoms with van der Waals surface area (Å²) >= 11 is 6.04. The van der Waals surface area contributed by atoms with E-state index < -0.39 is 16.5 Å². The van der Waals surface area contributed by atoms with Crippen molar-refractivity contribution in [1.82, 2.24) is 14.7 Å². The van der Waals surface area contributed by atoms with Crippen LogP contribution in [0, 0.1) is 10.1 Å². The van der Waals surface area contributed by atoms with Crippen LogP contribution in [0.3, 0.4) is 0 Å². The number of nitrogens with zero attached hydrogens (tertiary/aromatic N) is 4. The van der Waals surface area contributed by atoms with Gasteiger partial charge in [0.25, 0.3) is 11.6 Å². The Bertz CT molecular complexity index is 1000. The fourth-order valence-corrected chi connectivity index (χ4v) is 3.67. The van der Waals surface area contributed by atoms with Gasteiger partial charge in [-0.2, -0.15) is 4.68 Å². The van der Waals surface area contributed by atoms with Gasteiger partial charge in [0.15, 0.2) is 5.79 Å². The molecule has 3 heterocycles. The van der Waals surface area contributed by atoms with E-state index in [0.29, 0.717) is 39.1 Å². The Labute approximate surface area is 168 Å². The van der Waals surface area contributed by atoms with Crippen molar-refractivity contribution >= 4 is 23.2 Å². The van der Waals surface area contributed by atoms with Gasteiger partial charge in [0, 0.05) is 38.1 Å². The molecule has 0 bridgehead atoms. The second-order valence-electron chi connectivity index (χ2n) is 6.74. The molecule has 0 aliphatic carbocycles. The standard InChI is InChI=1S/C17H17ClN4O7/c18-13-9-11(22(25)26)1-2-12(13)15-19-21(16(24)29-15)10-14(23)20-5-3-17(4-6-20)27-7-8-28-17/h1-2,9H,3-8,10H2. The Morgan fingerprint density at radius 1 is 1.28 bits per heavy atom. The molecular formula is C17H17ClN4O7. The van der Waals surface area contributed by atoms with E-state index in [1.165, 1.54) is 12.1 Å². The maximum atomic E-state index is 12.6. The van der Waals surface area contributed by atoms with Crippen LogP contribution >= 0.6 is 11.6 Å². The number of halogens is 1. The van der Waals surface area contributed by atoms with Crippen molar-refractivity contribution in [3.8, 4) is 11.5 Å². The fourth-order valence-electron chi connectivity index (χ4n) is 3.42. The highest BCUT2D eigenvalue weighted by Gasteiger charge is 2.40. The highest BCUT2D eigenvalue weighted by Crippen LogP contribution is 2.31. The first kappa shape index (κ1) is 19.6. The molecule has 0 unspecified atom stereocenters. The van der Waals surface area contributed by atoms with Crippen molar-refractivity contribution in [2.45, 2.75) is 25.2 Å². The highest BCUT2D eigenvalue weighted by atomic mass is 35.5. The van der Waals surface area contributed by atoms with Crippen molar-refractivity contribution in [3.63, 3.8) is 0 Å². The van der Waals surface area contributed by atoms with E-state index in [4.69, 9.17) is 25.5 Å². The average molecular weight is 425 g/mol. The lowest BCUT2D eigenvalue weighted by atomic mass is 10.0. The van der Waals surface area contributed by atoms with Gasteiger partial charge in [-0.3, -0.25) is 14.9 Å². The van der Waals surface area contributed by atoms with Gasteiger partial charge in [-0.25, -0.2) is 4.79 Å². The summed E-state index contributed by atoms with van der Waals surface area (Å²) in [4.78, 5) is 36.5. The summed E-state index contributed by atoms with van der Waals surface area (Å²) in [6, 6.07) is 3.70. The number of rotatable bonds is 4. The largest absolute Gasteiger partial charge is 0.437 e. The minimum absolute atomic E-state index is 0.0109. The zero-order valence-electron chi connectivity index (χ0n) is 15.2. The monoisotopic (exact) mass is 424 g/mol. The van der Waals surface area contributed by atoms with Crippen LogP contribution in [0.15, 0.2) is 27.4 Å². The Balaban J connectivity index is 1.45. The predicted octanol–water partition coefficient (Wildman–Crippen LogP) is 1.43. The molecule has 1 amide bonds. The summed E-state index contributed by atoms with van der Waals surface area (Å²) in [5, 5.41) is 14.8. The number of amides is 1. The number of piperidine rings is 1. The summed E-state index contributed by atoms with van der Waals surface area (Å²) in [6.07, 6.45) is 1.13. The van der Waals surface area contributed by atoms with Crippen molar-refractivity contribution in [1.29, 1.82) is 0 Å². The number of hydrogen-bond acceptors (Lipinski definition) is 8. The van der Waals surface area contributed by atoms with Crippen molar-refractivity contribution in [2.75, 3.05) is 26.3 Å². The van der Waals surface area contributed by atoms with E-state index in [1.54, 1.807) is 4.90 Å². The summed E-state index contributed by atoms with van der Waals surface area (Å²) in [6.45, 7) is 1.72. The van der Waals surface area contributed by atoms with Crippen molar-refractivity contribution in [2.24, 2.45) is 0 Å². The van der Waals surface area contributed by atoms with Gasteiger partial charge in [0.1, 0.15) is 6.54 Å². The fraction of sp³-hybridized carbons (Fsp3) is 0.471. The number of ether oxygens (including phenoxy) is 2. The number of likely N-dealkylation sites (tertiary alicyclic amines) is 1. The molecule has 11 nitrogen and oxygen atoms in total. The van der Waals surface area contributed by atoms with Gasteiger partial charge in [0.05, 0.1) is 28.7 Å². The third-order valence-electron chi connectivity index (χ3n) is 4.98. The normalized spacial score (nSPS) is 18.3. The zero-order valence-corrected chi connectivity index (χ0v) is 16.0. The minimum Gasteiger partial charge on any atom is -0.388 e. The number of nitro groups is 1. The van der Waals surface area contributed by atoms with Gasteiger partial charge < -0.3 is 18.8 Å². The molecular weight excluding hydrogens is 408 g/mol. The van der Waals surface area contributed by atoms with Gasteiger partial charge in [-0.15, -0.1) is 5.10 Å². The smallest absolute Gasteiger partial charge is 0.388 e. The van der Waals surface area contributed by atoms with Crippen LogP contribution in [0.4, 0.5) is 5.69 Å². The van der Waals surface area contributed by atoms with Gasteiger partial charge in [0.2, 0.25) is 5.91 Å². The number of aromatic nitrogens is 2. The molecule has 1 spiro atoms. The lowest BCUT2D eigenvalue weighted by molar-refractivity contribution is -0.384. The second-order valence-corrected chi connectivity index (χ2v) is 7.15. The first-order valence-corrected chi connectivity index (χ1v) is 9.33. The summed E-state index contributed by atoms with van der Waals surface area (Å²) in [5.74, 6) is -1.82. The molecule has 0 saturated carbocycles. The number of hydrogen-bond donors (Lipinski definition) is 0. The van der Waals surface area contributed by atoms with Gasteiger partial charge >= 0.3 is 5.76 Å². The summed E-state index contributed by atoms with van der Waals surface area (Å²) in [7, 11) is 0. The molecule has 2 saturated heterocycles. The molecule has 12 heteroatoms. The molecule has 2 aliphatic rings. The Kier molecular flexibility index (Phi) is 5.11. The van der Waals surface area contributed by atoms with Crippen LogP contribution < -0.4 is 5.76 Å². The number of carbonyl (C=O) groups is 1. The van der Waals surface area contributed by atoms with E-state index in [1.807, 2.05) is 0 Å². The molecule has 0 N–H and O–H groups in total. The number of non-ortho nitro benzene ring substituents is 1. The first-order valence-electron chi connectivity index (χ1n) is 8.95. The quantitative estimate of drug-likeness (QED) is 0.532. The Hall–Kier alpha value is -2.76. The third kappa shape index (κ3) is 3.88. The maximum Gasteiger partial charge on any atom is 0.437 e. The molecule has 1 aromatic carbocycles. The second kappa shape index (κ2) is 7.58. The molecule has 1 aromatic heterocycles. The number of benzene rings is 1. The maximum absolute atomic E-state index is 12.6. The molecule has 2 aliphatic heterocycles. The highest BCUT2D eigenvalue weighted by molar-refractivity contribution is 6.33. The SMILES string of the molecule is O=C(Cn1nc(-c2ccc([N+](=O)[O-])cc2Cl)oc1=O)N1CCC2(CC1)OCCO2. The van der Waals surface area contributed by atoms with Gasteiger partial charge in [-0.1, -0.05) is 11.6 Å². The van der Waals surface area contributed by atoms with Crippen LogP contribution in [-0.2, 0) is 20.8 Å². The topological polar surface area (TPSA) is 130 Å². The van der Waals surface area contributed by atoms with Crippen LogP contribution in [0.2, 0.25) is 5.02 Å². The minimum atomic E-state index is -0.821. The summed E-state index contributed by atoms with van der Waals surface area (Å²) < 4.78 is 17.3. The lowest BCUT2D eigenvalue weighted by Crippen LogP contribution is -2.48. The molecule has 29 heavy (non-hydrogen) atoms. The molecule has 0 radical (unpaired) electrons. The Morgan fingerprint density at radius 3 is 2.59 bits per heavy atom. The molecule has 2 fully saturated rings. The number of nitro benzene ring substituents is 1. The van der Waals surface area contributed by atoms with Crippen LogP contribution in [0.1, 0.15) is 12.8 Å². The van der Waals surface area contributed by atoms with Gasteiger partial charge in [-0.05, 0) is 6.07 Å². The van der Waals surface area contributed by atoms with E-state index >= 15 is 0 Å². The van der Waals surface area contributed by atoms with E-state index in [9.17, 15) is 19.7 Å². The van der Waals surface area contributed by atoms with Crippen LogP contribution in [0.5, 0.6) is 0 Å². The molecule has 2 aromatic rings. The summed E-state index contributed by atoms with van der Waals surface area (Å²) in [5.41, 5.74) is 0.0183. The lowest BCUT2D eigenvalue weighted by Gasteiger charge is -2.37. The Morgan fingerprint density at radius 2 is 1.97 bits per heavy atom. The van der Waals surface area contributed by atoms with Crippen LogP contribution in [0.25, 0.3) is 11.5 Å². The predicted molar refractivity (Wildman–Crippen MR) is 98.3 cm³/mol. The van der Waals surface area contributed by atoms with E-state index in [2.05, 4.69) is 5.10 Å². The molecule has 0 atom stereocenters. The average Bonchev–Trinajstić information content (AvgIpc) is 3.29. The van der Waals surface area contributed by atoms with Crippen molar-refractivity contribution in [3.05, 3.63) is 43.9 Å².